The number of ether oxygens (including phenoxy) is 1. The van der Waals surface area contributed by atoms with Gasteiger partial charge in [0, 0.05) is 34.8 Å². The Hall–Kier alpha value is -4.57. The van der Waals surface area contributed by atoms with Crippen LogP contribution in [-0.2, 0) is 21.4 Å². The summed E-state index contributed by atoms with van der Waals surface area (Å²) < 4.78 is 5.89. The van der Waals surface area contributed by atoms with Crippen LogP contribution in [0.15, 0.2) is 73.1 Å². The highest BCUT2D eigenvalue weighted by molar-refractivity contribution is 7.14. The van der Waals surface area contributed by atoms with Crippen LogP contribution in [0.5, 0.6) is 5.75 Å². The second-order valence-corrected chi connectivity index (χ2v) is 15.1. The van der Waals surface area contributed by atoms with E-state index in [4.69, 9.17) is 4.74 Å². The van der Waals surface area contributed by atoms with Crippen LogP contribution in [0.3, 0.4) is 0 Å². The quantitative estimate of drug-likeness (QED) is 0.0951. The largest absolute Gasteiger partial charge is 0.494 e. The molecule has 50 heavy (non-hydrogen) atoms. The van der Waals surface area contributed by atoms with Crippen LogP contribution in [0, 0.1) is 5.92 Å². The van der Waals surface area contributed by atoms with Crippen LogP contribution in [0.2, 0.25) is 0 Å². The SMILES string of the molecule is CCCCCCCOc1ccc(-c2cnc(-c3ccc(CC(NC(=O)c4ccc(C(C)(C)C)s4)C(=O)NC(C(=O)O)C(C)C)cc3)nc2)cc1. The summed E-state index contributed by atoms with van der Waals surface area (Å²) in [5, 5.41) is 15.1. The van der Waals surface area contributed by atoms with Crippen molar-refractivity contribution in [2.24, 2.45) is 5.92 Å². The summed E-state index contributed by atoms with van der Waals surface area (Å²) in [4.78, 5) is 49.3. The number of unbranched alkanes of at least 4 members (excludes halogenated alkanes) is 4. The van der Waals surface area contributed by atoms with Crippen molar-refractivity contribution in [1.29, 1.82) is 0 Å². The Balaban J connectivity index is 1.42. The Kier molecular flexibility index (Phi) is 13.7. The summed E-state index contributed by atoms with van der Waals surface area (Å²) in [6, 6.07) is 17.0. The lowest BCUT2D eigenvalue weighted by atomic mass is 9.95. The average molecular weight is 699 g/mol. The first kappa shape index (κ1) is 38.2. The van der Waals surface area contributed by atoms with Gasteiger partial charge in [-0.15, -0.1) is 11.3 Å². The molecule has 4 rings (SSSR count). The molecule has 2 aromatic carbocycles. The maximum Gasteiger partial charge on any atom is 0.326 e. The van der Waals surface area contributed by atoms with Crippen molar-refractivity contribution in [3.05, 3.63) is 88.4 Å². The number of hydrogen-bond donors (Lipinski definition) is 3. The second-order valence-electron chi connectivity index (χ2n) is 14.0. The number of hydrogen-bond acceptors (Lipinski definition) is 7. The number of benzene rings is 2. The van der Waals surface area contributed by atoms with Gasteiger partial charge in [-0.25, -0.2) is 14.8 Å². The van der Waals surface area contributed by atoms with E-state index in [-0.39, 0.29) is 23.7 Å². The molecule has 0 saturated heterocycles. The standard InChI is InChI=1S/C40H50N4O5S/c1-7-8-9-10-11-22-49-31-18-16-28(17-19-31)30-24-41-36(42-25-30)29-14-12-27(13-15-29)23-32(37(45)44-35(26(2)3)39(47)48)43-38(46)33-20-21-34(50-33)40(4,5)6/h12-21,24-26,32,35H,7-11,22-23H2,1-6H3,(H,43,46)(H,44,45)(H,47,48). The third kappa shape index (κ3) is 11.0. The van der Waals surface area contributed by atoms with Gasteiger partial charge in [0.1, 0.15) is 17.8 Å². The number of carboxylic acids is 1. The number of carbonyl (C=O) groups is 3. The van der Waals surface area contributed by atoms with Crippen molar-refractivity contribution in [2.45, 2.75) is 97.6 Å². The van der Waals surface area contributed by atoms with Gasteiger partial charge in [0.05, 0.1) is 11.5 Å². The van der Waals surface area contributed by atoms with Crippen LogP contribution < -0.4 is 15.4 Å². The molecule has 2 unspecified atom stereocenters. The molecule has 266 valence electrons. The lowest BCUT2D eigenvalue weighted by Crippen LogP contribution is -2.53. The number of nitrogens with one attached hydrogen (secondary N) is 2. The van der Waals surface area contributed by atoms with Crippen LogP contribution >= 0.6 is 11.3 Å². The molecular weight excluding hydrogens is 649 g/mol. The zero-order valence-electron chi connectivity index (χ0n) is 30.0. The monoisotopic (exact) mass is 698 g/mol. The molecule has 2 aromatic heterocycles. The molecule has 0 aliphatic carbocycles. The Labute approximate surface area is 299 Å². The molecule has 4 aromatic rings. The summed E-state index contributed by atoms with van der Waals surface area (Å²) in [5.41, 5.74) is 3.35. The summed E-state index contributed by atoms with van der Waals surface area (Å²) in [6.45, 7) is 12.6. The van der Waals surface area contributed by atoms with Gasteiger partial charge in [-0.05, 0) is 53.1 Å². The highest BCUT2D eigenvalue weighted by Gasteiger charge is 2.29. The van der Waals surface area contributed by atoms with Crippen molar-refractivity contribution in [1.82, 2.24) is 20.6 Å². The minimum absolute atomic E-state index is 0.120. The van der Waals surface area contributed by atoms with Crippen molar-refractivity contribution in [3.63, 3.8) is 0 Å². The number of thiophene rings is 1. The van der Waals surface area contributed by atoms with E-state index in [0.717, 1.165) is 45.9 Å². The van der Waals surface area contributed by atoms with Crippen molar-refractivity contribution in [2.75, 3.05) is 6.61 Å². The van der Waals surface area contributed by atoms with E-state index in [1.807, 2.05) is 54.6 Å². The Morgan fingerprint density at radius 1 is 0.820 bits per heavy atom. The van der Waals surface area contributed by atoms with E-state index in [1.54, 1.807) is 32.3 Å². The molecule has 2 atom stereocenters. The smallest absolute Gasteiger partial charge is 0.326 e. The predicted octanol–water partition coefficient (Wildman–Crippen LogP) is 8.09. The van der Waals surface area contributed by atoms with Gasteiger partial charge in [0.25, 0.3) is 5.91 Å². The molecule has 0 radical (unpaired) electrons. The maximum atomic E-state index is 13.4. The zero-order valence-corrected chi connectivity index (χ0v) is 30.8. The van der Waals surface area contributed by atoms with Crippen LogP contribution in [-0.4, -0.2) is 51.5 Å². The molecule has 9 nitrogen and oxygen atoms in total. The maximum absolute atomic E-state index is 13.4. The van der Waals surface area contributed by atoms with Crippen molar-refractivity contribution in [3.8, 4) is 28.3 Å². The molecule has 0 fully saturated rings. The molecular formula is C40H50N4O5S. The topological polar surface area (TPSA) is 131 Å². The minimum Gasteiger partial charge on any atom is -0.494 e. The normalized spacial score (nSPS) is 12.7. The molecule has 10 heteroatoms. The fraction of sp³-hybridized carbons (Fsp3) is 0.425. The number of nitrogens with zero attached hydrogens (tertiary/aromatic N) is 2. The van der Waals surface area contributed by atoms with Crippen LogP contribution in [0.1, 0.15) is 93.8 Å². The summed E-state index contributed by atoms with van der Waals surface area (Å²) in [7, 11) is 0. The lowest BCUT2D eigenvalue weighted by Gasteiger charge is -2.23. The molecule has 2 amide bonds. The van der Waals surface area contributed by atoms with E-state index in [1.165, 1.54) is 37.0 Å². The highest BCUT2D eigenvalue weighted by Crippen LogP contribution is 2.29. The summed E-state index contributed by atoms with van der Waals surface area (Å²) in [6.07, 6.45) is 9.75. The Bertz CT molecular complexity index is 1690. The number of aromatic nitrogens is 2. The van der Waals surface area contributed by atoms with Gasteiger partial charge in [-0.2, -0.15) is 0 Å². The molecule has 0 saturated carbocycles. The fourth-order valence-electron chi connectivity index (χ4n) is 5.36. The van der Waals surface area contributed by atoms with Gasteiger partial charge in [0.2, 0.25) is 5.91 Å². The molecule has 2 heterocycles. The number of carboxylic acid groups (broad SMARTS) is 1. The van der Waals surface area contributed by atoms with E-state index >= 15 is 0 Å². The molecule has 0 bridgehead atoms. The molecule has 3 N–H and O–H groups in total. The first-order valence-electron chi connectivity index (χ1n) is 17.4. The van der Waals surface area contributed by atoms with Gasteiger partial charge >= 0.3 is 5.97 Å². The van der Waals surface area contributed by atoms with Gasteiger partial charge in [-0.3, -0.25) is 9.59 Å². The van der Waals surface area contributed by atoms with Gasteiger partial charge in [0.15, 0.2) is 5.82 Å². The van der Waals surface area contributed by atoms with Crippen molar-refractivity contribution >= 4 is 29.1 Å². The van der Waals surface area contributed by atoms with Crippen molar-refractivity contribution < 1.29 is 24.2 Å². The highest BCUT2D eigenvalue weighted by atomic mass is 32.1. The summed E-state index contributed by atoms with van der Waals surface area (Å²) in [5.74, 6) is -1.00. The number of aliphatic carboxylic acids is 1. The number of rotatable bonds is 17. The fourth-order valence-corrected chi connectivity index (χ4v) is 6.33. The molecule has 0 aliphatic heterocycles. The third-order valence-electron chi connectivity index (χ3n) is 8.43. The average Bonchev–Trinajstić information content (AvgIpc) is 3.61. The van der Waals surface area contributed by atoms with E-state index in [0.29, 0.717) is 10.7 Å². The van der Waals surface area contributed by atoms with Gasteiger partial charge < -0.3 is 20.5 Å². The van der Waals surface area contributed by atoms with Gasteiger partial charge in [-0.1, -0.05) is 104 Å². The number of carbonyl (C=O) groups excluding carboxylic acids is 2. The van der Waals surface area contributed by atoms with Crippen LogP contribution in [0.25, 0.3) is 22.5 Å². The summed E-state index contributed by atoms with van der Waals surface area (Å²) >= 11 is 1.38. The first-order valence-corrected chi connectivity index (χ1v) is 18.3. The Morgan fingerprint density at radius 2 is 1.46 bits per heavy atom. The van der Waals surface area contributed by atoms with E-state index in [9.17, 15) is 19.5 Å². The van der Waals surface area contributed by atoms with E-state index in [2.05, 4.69) is 48.3 Å². The second kappa shape index (κ2) is 17.9. The minimum atomic E-state index is -1.13. The van der Waals surface area contributed by atoms with E-state index < -0.39 is 24.0 Å². The Morgan fingerprint density at radius 3 is 2.04 bits per heavy atom. The number of amides is 2. The predicted molar refractivity (Wildman–Crippen MR) is 200 cm³/mol. The zero-order chi connectivity index (χ0) is 36.3. The lowest BCUT2D eigenvalue weighted by molar-refractivity contribution is -0.143. The van der Waals surface area contributed by atoms with Crippen LogP contribution in [0.4, 0.5) is 0 Å². The molecule has 0 aliphatic rings. The third-order valence-corrected chi connectivity index (χ3v) is 9.94. The molecule has 0 spiro atoms. The first-order chi connectivity index (χ1) is 23.8.